The number of carbonyl (C=O) groups is 2. The number of amides is 2. The molecule has 0 aliphatic rings. The van der Waals surface area contributed by atoms with Crippen LogP contribution in [-0.2, 0) is 19.6 Å². The molecular weight excluding hydrogens is 354 g/mol. The van der Waals surface area contributed by atoms with E-state index in [1.165, 1.54) is 24.3 Å². The van der Waals surface area contributed by atoms with Crippen LogP contribution in [-0.4, -0.2) is 39.4 Å². The molecule has 7 nitrogen and oxygen atoms in total. The molecule has 1 aromatic rings. The Labute approximate surface area is 147 Å². The zero-order valence-electron chi connectivity index (χ0n) is 13.8. The van der Waals surface area contributed by atoms with Crippen molar-refractivity contribution in [2.45, 2.75) is 31.7 Å². The third-order valence-corrected chi connectivity index (χ3v) is 4.86. The fourth-order valence-corrected chi connectivity index (χ4v) is 3.35. The van der Waals surface area contributed by atoms with Gasteiger partial charge in [-0.15, -0.1) is 0 Å². The molecule has 0 fully saturated rings. The van der Waals surface area contributed by atoms with Crippen LogP contribution in [0.5, 0.6) is 0 Å². The van der Waals surface area contributed by atoms with Crippen molar-refractivity contribution in [3.63, 3.8) is 0 Å². The van der Waals surface area contributed by atoms with E-state index in [4.69, 9.17) is 11.6 Å². The molecule has 0 heterocycles. The van der Waals surface area contributed by atoms with Crippen molar-refractivity contribution >= 4 is 33.4 Å². The van der Waals surface area contributed by atoms with Crippen LogP contribution in [0.1, 0.15) is 20.8 Å². The van der Waals surface area contributed by atoms with E-state index in [2.05, 4.69) is 15.4 Å². The molecule has 0 aromatic heterocycles. The fourth-order valence-electron chi connectivity index (χ4n) is 1.88. The van der Waals surface area contributed by atoms with Gasteiger partial charge in [0.1, 0.15) is 6.04 Å². The molecular formula is C15H22ClN3O4S. The van der Waals surface area contributed by atoms with Gasteiger partial charge in [-0.1, -0.05) is 25.4 Å². The molecule has 0 spiro atoms. The summed E-state index contributed by atoms with van der Waals surface area (Å²) in [5, 5.41) is 5.39. The molecule has 1 atom stereocenters. The minimum atomic E-state index is -3.89. The summed E-state index contributed by atoms with van der Waals surface area (Å²) in [4.78, 5) is 23.6. The van der Waals surface area contributed by atoms with Gasteiger partial charge in [-0.2, -0.15) is 4.72 Å². The Bertz CT molecular complexity index is 674. The van der Waals surface area contributed by atoms with Crippen molar-refractivity contribution in [1.82, 2.24) is 15.4 Å². The first-order chi connectivity index (χ1) is 11.2. The average molecular weight is 376 g/mol. The molecule has 0 bridgehead atoms. The quantitative estimate of drug-likeness (QED) is 0.627. The van der Waals surface area contributed by atoms with Crippen LogP contribution in [0.4, 0.5) is 0 Å². The Kier molecular flexibility index (Phi) is 7.65. The second kappa shape index (κ2) is 9.00. The molecule has 24 heavy (non-hydrogen) atoms. The van der Waals surface area contributed by atoms with Crippen molar-refractivity contribution in [3.8, 4) is 0 Å². The number of benzene rings is 1. The van der Waals surface area contributed by atoms with Gasteiger partial charge in [0, 0.05) is 11.6 Å². The van der Waals surface area contributed by atoms with Crippen LogP contribution in [0, 0.1) is 5.92 Å². The molecule has 0 aliphatic carbocycles. The van der Waals surface area contributed by atoms with E-state index in [0.29, 0.717) is 11.6 Å². The predicted octanol–water partition coefficient (Wildman–Crippen LogP) is 0.895. The van der Waals surface area contributed by atoms with E-state index >= 15 is 0 Å². The maximum atomic E-state index is 12.4. The largest absolute Gasteiger partial charge is 0.355 e. The Morgan fingerprint density at radius 1 is 1.12 bits per heavy atom. The number of rotatable bonds is 8. The first-order valence-corrected chi connectivity index (χ1v) is 9.35. The minimum absolute atomic E-state index is 0.00840. The summed E-state index contributed by atoms with van der Waals surface area (Å²) in [7, 11) is -3.89. The first kappa shape index (κ1) is 20.4. The molecule has 1 aromatic carbocycles. The van der Waals surface area contributed by atoms with Crippen LogP contribution < -0.4 is 15.4 Å². The van der Waals surface area contributed by atoms with Crippen molar-refractivity contribution in [3.05, 3.63) is 29.3 Å². The summed E-state index contributed by atoms with van der Waals surface area (Å²) in [6.45, 7) is 5.42. The molecule has 9 heteroatoms. The van der Waals surface area contributed by atoms with Gasteiger partial charge in [0.05, 0.1) is 11.4 Å². The van der Waals surface area contributed by atoms with Crippen molar-refractivity contribution in [2.24, 2.45) is 5.92 Å². The lowest BCUT2D eigenvalue weighted by Crippen LogP contribution is -2.51. The third kappa shape index (κ3) is 6.10. The Hall–Kier alpha value is -1.64. The van der Waals surface area contributed by atoms with Crippen molar-refractivity contribution in [2.75, 3.05) is 13.1 Å². The average Bonchev–Trinajstić information content (AvgIpc) is 2.51. The SMILES string of the molecule is CCNC(=O)CNC(=O)[C@@H](NS(=O)(=O)c1ccc(Cl)cc1)C(C)C. The van der Waals surface area contributed by atoms with E-state index in [-0.39, 0.29) is 23.3 Å². The lowest BCUT2D eigenvalue weighted by atomic mass is 10.1. The summed E-state index contributed by atoms with van der Waals surface area (Å²) in [5.41, 5.74) is 0. The number of halogens is 1. The van der Waals surface area contributed by atoms with Crippen LogP contribution in [0.15, 0.2) is 29.2 Å². The number of hydrogen-bond acceptors (Lipinski definition) is 4. The number of nitrogens with one attached hydrogen (secondary N) is 3. The summed E-state index contributed by atoms with van der Waals surface area (Å²) in [6, 6.07) is 4.62. The molecule has 1 rings (SSSR count). The van der Waals surface area contributed by atoms with Crippen molar-refractivity contribution in [1.29, 1.82) is 0 Å². The number of likely N-dealkylation sites (N-methyl/N-ethyl adjacent to an activating group) is 1. The van der Waals surface area contributed by atoms with Gasteiger partial charge in [0.15, 0.2) is 0 Å². The summed E-state index contributed by atoms with van der Waals surface area (Å²) in [6.07, 6.45) is 0. The van der Waals surface area contributed by atoms with Crippen LogP contribution in [0.2, 0.25) is 5.02 Å². The Morgan fingerprint density at radius 2 is 1.71 bits per heavy atom. The lowest BCUT2D eigenvalue weighted by Gasteiger charge is -2.21. The highest BCUT2D eigenvalue weighted by Gasteiger charge is 2.28. The highest BCUT2D eigenvalue weighted by Crippen LogP contribution is 2.15. The van der Waals surface area contributed by atoms with Crippen molar-refractivity contribution < 1.29 is 18.0 Å². The second-order valence-electron chi connectivity index (χ2n) is 5.47. The van der Waals surface area contributed by atoms with E-state index in [1.807, 2.05) is 0 Å². The lowest BCUT2D eigenvalue weighted by molar-refractivity contribution is -0.127. The summed E-state index contributed by atoms with van der Waals surface area (Å²) >= 11 is 5.75. The smallest absolute Gasteiger partial charge is 0.241 e. The molecule has 0 unspecified atom stereocenters. The van der Waals surface area contributed by atoms with Gasteiger partial charge in [0.2, 0.25) is 21.8 Å². The topological polar surface area (TPSA) is 104 Å². The molecule has 0 saturated heterocycles. The monoisotopic (exact) mass is 375 g/mol. The van der Waals surface area contributed by atoms with Crippen LogP contribution in [0.3, 0.4) is 0 Å². The highest BCUT2D eigenvalue weighted by molar-refractivity contribution is 7.89. The minimum Gasteiger partial charge on any atom is -0.355 e. The third-order valence-electron chi connectivity index (χ3n) is 3.15. The Balaban J connectivity index is 2.83. The fraction of sp³-hybridized carbons (Fsp3) is 0.467. The van der Waals surface area contributed by atoms with Gasteiger partial charge in [-0.05, 0) is 37.1 Å². The summed E-state index contributed by atoms with van der Waals surface area (Å²) < 4.78 is 27.1. The number of hydrogen-bond donors (Lipinski definition) is 3. The molecule has 134 valence electrons. The molecule has 0 aliphatic heterocycles. The molecule has 2 amide bonds. The zero-order valence-corrected chi connectivity index (χ0v) is 15.4. The first-order valence-electron chi connectivity index (χ1n) is 7.49. The van der Waals surface area contributed by atoms with Gasteiger partial charge in [-0.3, -0.25) is 9.59 Å². The van der Waals surface area contributed by atoms with Crippen LogP contribution in [0.25, 0.3) is 0 Å². The van der Waals surface area contributed by atoms with E-state index < -0.39 is 22.0 Å². The van der Waals surface area contributed by atoms with E-state index in [1.54, 1.807) is 20.8 Å². The summed E-state index contributed by atoms with van der Waals surface area (Å²) in [5.74, 6) is -1.20. The number of sulfonamides is 1. The normalized spacial score (nSPS) is 12.7. The molecule has 0 saturated carbocycles. The van der Waals surface area contributed by atoms with Crippen LogP contribution >= 0.6 is 11.6 Å². The maximum absolute atomic E-state index is 12.4. The standard InChI is InChI=1S/C15H22ClN3O4S/c1-4-17-13(20)9-18-15(21)14(10(2)3)19-24(22,23)12-7-5-11(16)6-8-12/h5-8,10,14,19H,4,9H2,1-3H3,(H,17,20)(H,18,21)/t14-/m0/s1. The van der Waals surface area contributed by atoms with Gasteiger partial charge < -0.3 is 10.6 Å². The molecule has 0 radical (unpaired) electrons. The predicted molar refractivity (Wildman–Crippen MR) is 92.1 cm³/mol. The second-order valence-corrected chi connectivity index (χ2v) is 7.62. The molecule has 3 N–H and O–H groups in total. The maximum Gasteiger partial charge on any atom is 0.241 e. The van der Waals surface area contributed by atoms with E-state index in [0.717, 1.165) is 0 Å². The number of carbonyl (C=O) groups excluding carboxylic acids is 2. The van der Waals surface area contributed by atoms with E-state index in [9.17, 15) is 18.0 Å². The Morgan fingerprint density at radius 3 is 2.21 bits per heavy atom. The zero-order chi connectivity index (χ0) is 18.3. The van der Waals surface area contributed by atoms with Gasteiger partial charge in [-0.25, -0.2) is 8.42 Å². The highest BCUT2D eigenvalue weighted by atomic mass is 35.5. The van der Waals surface area contributed by atoms with Gasteiger partial charge in [0.25, 0.3) is 0 Å². The van der Waals surface area contributed by atoms with Gasteiger partial charge >= 0.3 is 0 Å².